The third kappa shape index (κ3) is 5.07. The summed E-state index contributed by atoms with van der Waals surface area (Å²) in [6.07, 6.45) is 1.03. The Hall–Kier alpha value is -2.59. The summed E-state index contributed by atoms with van der Waals surface area (Å²) in [5.74, 6) is -2.63. The van der Waals surface area contributed by atoms with Gasteiger partial charge in [-0.1, -0.05) is 0 Å². The van der Waals surface area contributed by atoms with Crippen LogP contribution in [-0.2, 0) is 14.3 Å². The first-order valence-electron chi connectivity index (χ1n) is 6.12. The first-order chi connectivity index (χ1) is 10.5. The van der Waals surface area contributed by atoms with Gasteiger partial charge in [0.05, 0.1) is 12.3 Å². The van der Waals surface area contributed by atoms with Gasteiger partial charge in [-0.3, -0.25) is 4.79 Å². The van der Waals surface area contributed by atoms with Crippen LogP contribution in [0.15, 0.2) is 30.0 Å². The van der Waals surface area contributed by atoms with E-state index in [1.165, 1.54) is 12.1 Å². The molecule has 6 nitrogen and oxygen atoms in total. The Balaban J connectivity index is 2.84. The van der Waals surface area contributed by atoms with Gasteiger partial charge in [-0.15, -0.1) is 11.6 Å². The van der Waals surface area contributed by atoms with Crippen molar-refractivity contribution in [3.63, 3.8) is 0 Å². The van der Waals surface area contributed by atoms with E-state index in [2.05, 4.69) is 10.1 Å². The lowest BCUT2D eigenvalue weighted by molar-refractivity contribution is -0.138. The second-order valence-electron chi connectivity index (χ2n) is 3.78. The van der Waals surface area contributed by atoms with Crippen molar-refractivity contribution in [1.82, 2.24) is 0 Å². The van der Waals surface area contributed by atoms with Gasteiger partial charge in [0.1, 0.15) is 23.5 Å². The average Bonchev–Trinajstić information content (AvgIpc) is 2.49. The standard InChI is InChI=1S/C14H12ClFN2O4/c1-2-21-14(20)9(7-17)8-18-12-4-3-10(5-11(12)16)22-13(19)6-15/h3-5,8,18H,2,6H2,1H3. The molecule has 1 N–H and O–H groups in total. The molecule has 22 heavy (non-hydrogen) atoms. The number of nitriles is 1. The summed E-state index contributed by atoms with van der Waals surface area (Å²) in [4.78, 5) is 22.4. The SMILES string of the molecule is CCOC(=O)C(C#N)=CNc1ccc(OC(=O)CCl)cc1F. The van der Waals surface area contributed by atoms with Crippen molar-refractivity contribution in [2.24, 2.45) is 0 Å². The zero-order valence-electron chi connectivity index (χ0n) is 11.6. The summed E-state index contributed by atoms with van der Waals surface area (Å²) in [5, 5.41) is 11.3. The van der Waals surface area contributed by atoms with Gasteiger partial charge >= 0.3 is 11.9 Å². The molecule has 0 fully saturated rings. The fourth-order valence-electron chi connectivity index (χ4n) is 1.33. The number of hydrogen-bond acceptors (Lipinski definition) is 6. The Bertz CT molecular complexity index is 640. The molecule has 1 aromatic carbocycles. The Labute approximate surface area is 131 Å². The number of hydrogen-bond donors (Lipinski definition) is 1. The highest BCUT2D eigenvalue weighted by atomic mass is 35.5. The summed E-state index contributed by atoms with van der Waals surface area (Å²) < 4.78 is 23.2. The number of halogens is 2. The van der Waals surface area contributed by atoms with Crippen LogP contribution in [0.2, 0.25) is 0 Å². The molecule has 0 aliphatic rings. The number of rotatable bonds is 6. The lowest BCUT2D eigenvalue weighted by Crippen LogP contribution is -2.09. The van der Waals surface area contributed by atoms with Gasteiger partial charge in [0.2, 0.25) is 0 Å². The van der Waals surface area contributed by atoms with Crippen LogP contribution < -0.4 is 10.1 Å². The van der Waals surface area contributed by atoms with Crippen molar-refractivity contribution >= 4 is 29.2 Å². The minimum atomic E-state index is -0.814. The average molecular weight is 327 g/mol. The van der Waals surface area contributed by atoms with Gasteiger partial charge in [-0.2, -0.15) is 5.26 Å². The quantitative estimate of drug-likeness (QED) is 0.284. The minimum Gasteiger partial charge on any atom is -0.462 e. The third-order valence-corrected chi connectivity index (χ3v) is 2.49. The van der Waals surface area contributed by atoms with Crippen molar-refractivity contribution in [2.75, 3.05) is 17.8 Å². The van der Waals surface area contributed by atoms with Crippen LogP contribution in [0, 0.1) is 17.1 Å². The highest BCUT2D eigenvalue weighted by Crippen LogP contribution is 2.21. The van der Waals surface area contributed by atoms with Crippen molar-refractivity contribution in [3.8, 4) is 11.8 Å². The maximum Gasteiger partial charge on any atom is 0.350 e. The molecule has 1 rings (SSSR count). The predicted octanol–water partition coefficient (Wildman–Crippen LogP) is 2.35. The van der Waals surface area contributed by atoms with Gasteiger partial charge in [0.25, 0.3) is 0 Å². The lowest BCUT2D eigenvalue weighted by atomic mass is 10.2. The summed E-state index contributed by atoms with van der Waals surface area (Å²) in [7, 11) is 0. The van der Waals surface area contributed by atoms with Crippen molar-refractivity contribution in [3.05, 3.63) is 35.8 Å². The van der Waals surface area contributed by atoms with Crippen LogP contribution in [0.5, 0.6) is 5.75 Å². The van der Waals surface area contributed by atoms with Crippen LogP contribution in [0.3, 0.4) is 0 Å². The van der Waals surface area contributed by atoms with Gasteiger partial charge in [0, 0.05) is 12.3 Å². The molecule has 0 aliphatic heterocycles. The number of carbonyl (C=O) groups excluding carboxylic acids is 2. The zero-order valence-corrected chi connectivity index (χ0v) is 12.3. The van der Waals surface area contributed by atoms with E-state index in [1.807, 2.05) is 0 Å². The van der Waals surface area contributed by atoms with E-state index in [1.54, 1.807) is 13.0 Å². The number of nitrogens with one attached hydrogen (secondary N) is 1. The number of ether oxygens (including phenoxy) is 2. The van der Waals surface area contributed by atoms with Gasteiger partial charge in [0.15, 0.2) is 5.57 Å². The largest absolute Gasteiger partial charge is 0.462 e. The van der Waals surface area contributed by atoms with Gasteiger partial charge < -0.3 is 14.8 Å². The van der Waals surface area contributed by atoms with E-state index >= 15 is 0 Å². The molecule has 0 spiro atoms. The van der Waals surface area contributed by atoms with Crippen molar-refractivity contribution in [1.29, 1.82) is 5.26 Å². The molecular weight excluding hydrogens is 315 g/mol. The van der Waals surface area contributed by atoms with Crippen molar-refractivity contribution in [2.45, 2.75) is 6.92 Å². The van der Waals surface area contributed by atoms with E-state index < -0.39 is 17.8 Å². The molecule has 0 heterocycles. The highest BCUT2D eigenvalue weighted by Gasteiger charge is 2.11. The smallest absolute Gasteiger partial charge is 0.350 e. The van der Waals surface area contributed by atoms with Gasteiger partial charge in [-0.25, -0.2) is 9.18 Å². The molecule has 0 unspecified atom stereocenters. The number of nitrogens with zero attached hydrogens (tertiary/aromatic N) is 1. The van der Waals surface area contributed by atoms with Crippen LogP contribution >= 0.6 is 11.6 Å². The Morgan fingerprint density at radius 1 is 1.50 bits per heavy atom. The number of esters is 2. The minimum absolute atomic E-state index is 0.0106. The first-order valence-corrected chi connectivity index (χ1v) is 6.65. The molecule has 0 saturated heterocycles. The maximum atomic E-state index is 13.8. The zero-order chi connectivity index (χ0) is 16.5. The summed E-state index contributed by atoms with van der Waals surface area (Å²) in [5.41, 5.74) is -0.318. The molecule has 0 aliphatic carbocycles. The summed E-state index contributed by atoms with van der Waals surface area (Å²) in [6.45, 7) is 1.72. The number of anilines is 1. The van der Waals surface area contributed by atoms with Crippen LogP contribution in [-0.4, -0.2) is 24.4 Å². The Morgan fingerprint density at radius 3 is 2.77 bits per heavy atom. The molecule has 0 atom stereocenters. The number of benzene rings is 1. The molecule has 0 amide bonds. The second kappa shape index (κ2) is 8.64. The molecule has 0 aromatic heterocycles. The maximum absolute atomic E-state index is 13.8. The first kappa shape index (κ1) is 17.5. The summed E-state index contributed by atoms with van der Waals surface area (Å²) >= 11 is 5.27. The lowest BCUT2D eigenvalue weighted by Gasteiger charge is -2.07. The van der Waals surface area contributed by atoms with Crippen LogP contribution in [0.4, 0.5) is 10.1 Å². The van der Waals surface area contributed by atoms with Gasteiger partial charge in [-0.05, 0) is 19.1 Å². The van der Waals surface area contributed by atoms with E-state index in [0.717, 1.165) is 12.3 Å². The van der Waals surface area contributed by atoms with E-state index in [4.69, 9.17) is 21.6 Å². The molecule has 0 saturated carbocycles. The van der Waals surface area contributed by atoms with E-state index in [0.29, 0.717) is 0 Å². The fourth-order valence-corrected chi connectivity index (χ4v) is 1.39. The topological polar surface area (TPSA) is 88.4 Å². The molecule has 1 aromatic rings. The predicted molar refractivity (Wildman–Crippen MR) is 76.7 cm³/mol. The third-order valence-electron chi connectivity index (χ3n) is 2.27. The fraction of sp³-hybridized carbons (Fsp3) is 0.214. The van der Waals surface area contributed by atoms with E-state index in [9.17, 15) is 14.0 Å². The molecular formula is C14H12ClFN2O4. The normalized spacial score (nSPS) is 10.5. The molecule has 0 bridgehead atoms. The monoisotopic (exact) mass is 326 g/mol. The molecule has 0 radical (unpaired) electrons. The molecule has 8 heteroatoms. The number of carbonyl (C=O) groups is 2. The number of alkyl halides is 1. The Morgan fingerprint density at radius 2 is 2.23 bits per heavy atom. The Kier molecular flexibility index (Phi) is 6.86. The van der Waals surface area contributed by atoms with E-state index in [-0.39, 0.29) is 29.5 Å². The molecule has 116 valence electrons. The highest BCUT2D eigenvalue weighted by molar-refractivity contribution is 6.26. The summed E-state index contributed by atoms with van der Waals surface area (Å²) in [6, 6.07) is 5.22. The van der Waals surface area contributed by atoms with Crippen molar-refractivity contribution < 1.29 is 23.5 Å². The van der Waals surface area contributed by atoms with Crippen LogP contribution in [0.1, 0.15) is 6.92 Å². The van der Waals surface area contributed by atoms with Crippen LogP contribution in [0.25, 0.3) is 0 Å². The second-order valence-corrected chi connectivity index (χ2v) is 4.05.